The molecule has 1 fully saturated rings. The van der Waals surface area contributed by atoms with Gasteiger partial charge < -0.3 is 30.5 Å². The lowest BCUT2D eigenvalue weighted by molar-refractivity contribution is -0.142. The van der Waals surface area contributed by atoms with Gasteiger partial charge in [0.2, 0.25) is 0 Å². The number of hydrogen-bond donors (Lipinski definition) is 3. The predicted molar refractivity (Wildman–Crippen MR) is 128 cm³/mol. The zero-order chi connectivity index (χ0) is 24.8. The second-order valence-electron chi connectivity index (χ2n) is 9.12. The standard InChI is InChI=1S/C25H35N3O6/c1-15(13-17(23(29)30)9-12-28-10-5-4-6-11-28)7-8-18-21(27-25(26)32)20-19(14-34-24(20)31)16(2)22(18)33-3/h7,17H,4-6,8-14H2,1-3H3,(H,29,30)(H3,26,27,32)/b15-7+. The molecule has 0 spiro atoms. The van der Waals surface area contributed by atoms with E-state index in [4.69, 9.17) is 15.2 Å². The van der Waals surface area contributed by atoms with Gasteiger partial charge in [-0.1, -0.05) is 18.1 Å². The van der Waals surface area contributed by atoms with Crippen molar-refractivity contribution in [3.63, 3.8) is 0 Å². The third-order valence-corrected chi connectivity index (χ3v) is 6.74. The molecule has 34 heavy (non-hydrogen) atoms. The number of amides is 2. The Balaban J connectivity index is 1.81. The van der Waals surface area contributed by atoms with E-state index in [1.807, 2.05) is 19.9 Å². The lowest BCUT2D eigenvalue weighted by Crippen LogP contribution is -2.32. The fourth-order valence-electron chi connectivity index (χ4n) is 4.90. The summed E-state index contributed by atoms with van der Waals surface area (Å²) in [6.07, 6.45) is 6.88. The molecule has 2 amide bonds. The molecule has 2 aliphatic heterocycles. The van der Waals surface area contributed by atoms with Crippen molar-refractivity contribution < 1.29 is 29.0 Å². The van der Waals surface area contributed by atoms with E-state index in [-0.39, 0.29) is 12.3 Å². The van der Waals surface area contributed by atoms with Gasteiger partial charge in [-0.15, -0.1) is 0 Å². The van der Waals surface area contributed by atoms with Crippen molar-refractivity contribution in [2.45, 2.75) is 59.0 Å². The van der Waals surface area contributed by atoms with Crippen LogP contribution in [0.25, 0.3) is 0 Å². The molecule has 1 atom stereocenters. The molecule has 1 aromatic rings. The molecule has 9 nitrogen and oxygen atoms in total. The largest absolute Gasteiger partial charge is 0.496 e. The number of primary amides is 1. The molecule has 4 N–H and O–H groups in total. The minimum absolute atomic E-state index is 0.107. The molecule has 9 heteroatoms. The number of carbonyl (C=O) groups excluding carboxylic acids is 2. The molecular formula is C25H35N3O6. The summed E-state index contributed by atoms with van der Waals surface area (Å²) in [6.45, 7) is 6.72. The average Bonchev–Trinajstić information content (AvgIpc) is 3.19. The van der Waals surface area contributed by atoms with Gasteiger partial charge in [0.15, 0.2) is 0 Å². The minimum Gasteiger partial charge on any atom is -0.496 e. The highest BCUT2D eigenvalue weighted by molar-refractivity contribution is 6.05. The van der Waals surface area contributed by atoms with Crippen LogP contribution in [0.4, 0.5) is 10.5 Å². The van der Waals surface area contributed by atoms with Crippen LogP contribution in [-0.2, 0) is 22.6 Å². The van der Waals surface area contributed by atoms with Gasteiger partial charge in [0.05, 0.1) is 24.3 Å². The predicted octanol–water partition coefficient (Wildman–Crippen LogP) is 3.62. The number of hydrogen-bond acceptors (Lipinski definition) is 6. The van der Waals surface area contributed by atoms with Crippen molar-refractivity contribution in [3.05, 3.63) is 33.9 Å². The van der Waals surface area contributed by atoms with Gasteiger partial charge >= 0.3 is 18.0 Å². The van der Waals surface area contributed by atoms with Crippen LogP contribution in [0.2, 0.25) is 0 Å². The number of piperidine rings is 1. The Morgan fingerprint density at radius 3 is 2.62 bits per heavy atom. The van der Waals surface area contributed by atoms with Gasteiger partial charge in [-0.3, -0.25) is 4.79 Å². The van der Waals surface area contributed by atoms with Gasteiger partial charge in [0, 0.05) is 11.1 Å². The molecule has 1 aromatic carbocycles. The molecule has 0 aromatic heterocycles. The van der Waals surface area contributed by atoms with Gasteiger partial charge in [-0.2, -0.15) is 0 Å². The monoisotopic (exact) mass is 473 g/mol. The van der Waals surface area contributed by atoms with E-state index in [1.54, 1.807) is 0 Å². The average molecular weight is 474 g/mol. The van der Waals surface area contributed by atoms with E-state index in [9.17, 15) is 19.5 Å². The van der Waals surface area contributed by atoms with Crippen LogP contribution in [0.1, 0.15) is 66.1 Å². The van der Waals surface area contributed by atoms with Gasteiger partial charge in [-0.05, 0) is 71.1 Å². The number of methoxy groups -OCH3 is 1. The number of aliphatic carboxylic acids is 1. The summed E-state index contributed by atoms with van der Waals surface area (Å²) < 4.78 is 10.8. The number of benzene rings is 1. The summed E-state index contributed by atoms with van der Waals surface area (Å²) in [5, 5.41) is 12.3. The van der Waals surface area contributed by atoms with Crippen molar-refractivity contribution >= 4 is 23.7 Å². The van der Waals surface area contributed by atoms with E-state index in [0.717, 1.165) is 30.8 Å². The number of likely N-dealkylation sites (tertiary alicyclic amines) is 1. The van der Waals surface area contributed by atoms with Crippen molar-refractivity contribution in [3.8, 4) is 5.75 Å². The van der Waals surface area contributed by atoms with E-state index >= 15 is 0 Å². The first-order valence-corrected chi connectivity index (χ1v) is 11.8. The first-order chi connectivity index (χ1) is 16.2. The number of rotatable bonds is 10. The van der Waals surface area contributed by atoms with E-state index in [0.29, 0.717) is 41.7 Å². The van der Waals surface area contributed by atoms with Crippen LogP contribution in [0, 0.1) is 12.8 Å². The first-order valence-electron chi connectivity index (χ1n) is 11.8. The normalized spacial score (nSPS) is 17.1. The summed E-state index contributed by atoms with van der Waals surface area (Å²) in [4.78, 5) is 38.3. The molecule has 0 bridgehead atoms. The number of ether oxygens (including phenoxy) is 2. The van der Waals surface area contributed by atoms with Gasteiger partial charge in [0.1, 0.15) is 12.4 Å². The number of nitrogens with one attached hydrogen (secondary N) is 1. The Kier molecular flexibility index (Phi) is 8.55. The van der Waals surface area contributed by atoms with Gasteiger partial charge in [0.25, 0.3) is 0 Å². The smallest absolute Gasteiger partial charge is 0.341 e. The quantitative estimate of drug-likeness (QED) is 0.349. The molecule has 2 aliphatic rings. The molecule has 2 heterocycles. The highest BCUT2D eigenvalue weighted by Gasteiger charge is 2.32. The summed E-state index contributed by atoms with van der Waals surface area (Å²) in [5.74, 6) is -1.24. The molecular weight excluding hydrogens is 438 g/mol. The molecule has 0 aliphatic carbocycles. The number of carboxylic acid groups (broad SMARTS) is 1. The number of fused-ring (bicyclic) bond motifs is 1. The lowest BCUT2D eigenvalue weighted by Gasteiger charge is -2.27. The molecule has 186 valence electrons. The number of allylic oxidation sites excluding steroid dienone is 2. The highest BCUT2D eigenvalue weighted by atomic mass is 16.5. The maximum absolute atomic E-state index is 12.4. The van der Waals surface area contributed by atoms with Crippen molar-refractivity contribution in [2.24, 2.45) is 11.7 Å². The third-order valence-electron chi connectivity index (χ3n) is 6.74. The Hall–Kier alpha value is -3.07. The number of nitrogens with zero attached hydrogens (tertiary/aromatic N) is 1. The van der Waals surface area contributed by atoms with Crippen LogP contribution in [0.15, 0.2) is 11.6 Å². The fraction of sp³-hybridized carbons (Fsp3) is 0.560. The Morgan fingerprint density at radius 2 is 2.00 bits per heavy atom. The van der Waals surface area contributed by atoms with Crippen LogP contribution in [0.3, 0.4) is 0 Å². The SMILES string of the molecule is COc1c(C)c2c(c(NC(N)=O)c1C/C=C(\C)CC(CCN1CCCCC1)C(=O)O)C(=O)OC2. The minimum atomic E-state index is -0.797. The van der Waals surface area contributed by atoms with Crippen LogP contribution >= 0.6 is 0 Å². The number of esters is 1. The number of anilines is 1. The lowest BCUT2D eigenvalue weighted by atomic mass is 9.92. The van der Waals surface area contributed by atoms with Crippen LogP contribution in [0.5, 0.6) is 5.75 Å². The molecule has 3 rings (SSSR count). The highest BCUT2D eigenvalue weighted by Crippen LogP contribution is 2.41. The summed E-state index contributed by atoms with van der Waals surface area (Å²) in [5.41, 5.74) is 8.92. The number of cyclic esters (lactones) is 1. The molecule has 1 unspecified atom stereocenters. The fourth-order valence-corrected chi connectivity index (χ4v) is 4.90. The number of carbonyl (C=O) groups is 3. The number of nitrogens with two attached hydrogens (primary N) is 1. The zero-order valence-corrected chi connectivity index (χ0v) is 20.2. The van der Waals surface area contributed by atoms with Gasteiger partial charge in [-0.25, -0.2) is 9.59 Å². The topological polar surface area (TPSA) is 131 Å². The van der Waals surface area contributed by atoms with Crippen molar-refractivity contribution in [2.75, 3.05) is 32.1 Å². The van der Waals surface area contributed by atoms with E-state index in [1.165, 1.54) is 26.4 Å². The Bertz CT molecular complexity index is 982. The second-order valence-corrected chi connectivity index (χ2v) is 9.12. The maximum Gasteiger partial charge on any atom is 0.341 e. The maximum atomic E-state index is 12.4. The summed E-state index contributed by atoms with van der Waals surface area (Å²) in [7, 11) is 1.53. The van der Waals surface area contributed by atoms with E-state index < -0.39 is 23.9 Å². The molecule has 1 saturated heterocycles. The number of urea groups is 1. The third kappa shape index (κ3) is 5.88. The molecule has 0 saturated carbocycles. The van der Waals surface area contributed by atoms with E-state index in [2.05, 4.69) is 10.2 Å². The van der Waals surface area contributed by atoms with Crippen LogP contribution < -0.4 is 15.8 Å². The Labute approximate surface area is 200 Å². The summed E-state index contributed by atoms with van der Waals surface area (Å²) in [6, 6.07) is -0.793. The van der Waals surface area contributed by atoms with Crippen molar-refractivity contribution in [1.29, 1.82) is 0 Å². The number of carboxylic acids is 1. The first kappa shape index (κ1) is 25.6. The van der Waals surface area contributed by atoms with Crippen LogP contribution in [-0.4, -0.2) is 54.7 Å². The second kappa shape index (κ2) is 11.4. The summed E-state index contributed by atoms with van der Waals surface area (Å²) >= 11 is 0. The van der Waals surface area contributed by atoms with Crippen molar-refractivity contribution in [1.82, 2.24) is 4.90 Å². The molecule has 0 radical (unpaired) electrons. The Morgan fingerprint density at radius 1 is 1.29 bits per heavy atom. The zero-order valence-electron chi connectivity index (χ0n) is 20.2.